The van der Waals surface area contributed by atoms with E-state index in [-0.39, 0.29) is 41.3 Å². The summed E-state index contributed by atoms with van der Waals surface area (Å²) in [6.07, 6.45) is 4.64. The predicted molar refractivity (Wildman–Crippen MR) is 139 cm³/mol. The molecule has 0 spiro atoms. The molecule has 1 N–H and O–H groups in total. The van der Waals surface area contributed by atoms with Crippen LogP contribution in [0.3, 0.4) is 0 Å². The lowest BCUT2D eigenvalue weighted by Gasteiger charge is -2.39. The number of aromatic nitrogens is 2. The number of halogens is 1. The molecular formula is C30H30FN3O4. The van der Waals surface area contributed by atoms with Crippen molar-refractivity contribution in [1.82, 2.24) is 14.9 Å². The maximum atomic E-state index is 15.0. The van der Waals surface area contributed by atoms with Crippen LogP contribution in [0, 0.1) is 18.2 Å². The van der Waals surface area contributed by atoms with Gasteiger partial charge >= 0.3 is 5.97 Å². The minimum atomic E-state index is -0.498. The monoisotopic (exact) mass is 515 g/mol. The number of nitrogens with one attached hydrogen (secondary N) is 1. The Morgan fingerprint density at radius 1 is 1.24 bits per heavy atom. The molecule has 7 nitrogen and oxygen atoms in total. The van der Waals surface area contributed by atoms with Crippen molar-refractivity contribution in [2.75, 3.05) is 0 Å². The van der Waals surface area contributed by atoms with Gasteiger partial charge in [-0.15, -0.1) is 0 Å². The number of rotatable bonds is 3. The largest absolute Gasteiger partial charge is 0.460 e. The Bertz CT molecular complexity index is 1650. The molecule has 2 aromatic heterocycles. The Balaban J connectivity index is 1.46. The molecule has 2 unspecified atom stereocenters. The highest BCUT2D eigenvalue weighted by Gasteiger charge is 2.42. The van der Waals surface area contributed by atoms with E-state index in [9.17, 15) is 14.4 Å². The summed E-state index contributed by atoms with van der Waals surface area (Å²) in [5.74, 6) is -1.06. The van der Waals surface area contributed by atoms with Crippen molar-refractivity contribution in [1.29, 1.82) is 0 Å². The van der Waals surface area contributed by atoms with E-state index in [1.807, 2.05) is 19.9 Å². The highest BCUT2D eigenvalue weighted by atomic mass is 19.1. The molecule has 2 atom stereocenters. The maximum absolute atomic E-state index is 15.0. The Labute approximate surface area is 219 Å². The summed E-state index contributed by atoms with van der Waals surface area (Å²) in [5.41, 5.74) is 5.87. The van der Waals surface area contributed by atoms with Crippen LogP contribution in [0.15, 0.2) is 16.9 Å². The van der Waals surface area contributed by atoms with E-state index in [1.165, 1.54) is 6.07 Å². The number of fused-ring (bicyclic) bond motifs is 5. The quantitative estimate of drug-likeness (QED) is 0.399. The molecule has 7 rings (SSSR count). The zero-order valence-electron chi connectivity index (χ0n) is 21.9. The molecular weight excluding hydrogens is 485 g/mol. The van der Waals surface area contributed by atoms with Gasteiger partial charge < -0.3 is 14.6 Å². The second-order valence-corrected chi connectivity index (χ2v) is 11.6. The molecule has 3 aromatic rings. The summed E-state index contributed by atoms with van der Waals surface area (Å²) in [6.45, 7) is 6.00. The van der Waals surface area contributed by atoms with Gasteiger partial charge in [0.05, 0.1) is 41.0 Å². The molecule has 4 aliphatic rings. The molecule has 0 bridgehead atoms. The summed E-state index contributed by atoms with van der Waals surface area (Å²) >= 11 is 0. The molecule has 4 heterocycles. The fourth-order valence-electron chi connectivity index (χ4n) is 6.99. The number of esters is 1. The lowest BCUT2D eigenvalue weighted by molar-refractivity contribution is -0.148. The second-order valence-electron chi connectivity index (χ2n) is 11.6. The van der Waals surface area contributed by atoms with Gasteiger partial charge in [0.1, 0.15) is 12.4 Å². The molecule has 2 aliphatic carbocycles. The lowest BCUT2D eigenvalue weighted by atomic mass is 9.69. The first-order valence-corrected chi connectivity index (χ1v) is 13.6. The molecule has 0 saturated heterocycles. The zero-order valence-corrected chi connectivity index (χ0v) is 21.9. The first-order valence-electron chi connectivity index (χ1n) is 13.6. The van der Waals surface area contributed by atoms with Crippen molar-refractivity contribution >= 4 is 22.8 Å². The van der Waals surface area contributed by atoms with Gasteiger partial charge in [-0.25, -0.2) is 9.37 Å². The average Bonchev–Trinajstić information content (AvgIpc) is 3.24. The third-order valence-electron chi connectivity index (χ3n) is 9.51. The van der Waals surface area contributed by atoms with Gasteiger partial charge in [0.25, 0.3) is 5.56 Å². The van der Waals surface area contributed by atoms with Gasteiger partial charge in [-0.05, 0) is 67.3 Å². The normalized spacial score (nSPS) is 22.3. The summed E-state index contributed by atoms with van der Waals surface area (Å²) in [5, 5.41) is 4.23. The van der Waals surface area contributed by atoms with Crippen LogP contribution >= 0.6 is 0 Å². The van der Waals surface area contributed by atoms with E-state index in [0.29, 0.717) is 59.4 Å². The molecule has 38 heavy (non-hydrogen) atoms. The Hall–Kier alpha value is -3.55. The van der Waals surface area contributed by atoms with Crippen molar-refractivity contribution in [3.8, 4) is 11.4 Å². The van der Waals surface area contributed by atoms with Crippen LogP contribution in [0.5, 0.6) is 0 Å². The molecule has 1 amide bonds. The fourth-order valence-corrected chi connectivity index (χ4v) is 6.99. The summed E-state index contributed by atoms with van der Waals surface area (Å²) < 4.78 is 22.1. The highest BCUT2D eigenvalue weighted by Crippen LogP contribution is 2.47. The molecule has 196 valence electrons. The average molecular weight is 516 g/mol. The molecule has 1 fully saturated rings. The van der Waals surface area contributed by atoms with E-state index in [1.54, 1.807) is 11.5 Å². The van der Waals surface area contributed by atoms with Crippen molar-refractivity contribution in [3.05, 3.63) is 61.7 Å². The van der Waals surface area contributed by atoms with Crippen LogP contribution in [0.25, 0.3) is 22.3 Å². The standard InChI is InChI=1S/C30H30FN3O4/c1-4-15-17-10-23-26-18(12-34(23)27(35)19(17)13-38-28(15)36)25-21(33-29(37)30(3)8-5-9-30)7-6-16-14(2)20(31)11-22(32-26)24(16)25/h10-11,15,21H,4-9,12-13H2,1-3H3,(H,33,37). The van der Waals surface area contributed by atoms with Crippen LogP contribution < -0.4 is 10.9 Å². The number of aryl methyl sites for hydroxylation is 1. The number of amides is 1. The predicted octanol–water partition coefficient (Wildman–Crippen LogP) is 4.72. The highest BCUT2D eigenvalue weighted by molar-refractivity contribution is 5.94. The van der Waals surface area contributed by atoms with Crippen LogP contribution in [0.4, 0.5) is 4.39 Å². The van der Waals surface area contributed by atoms with Crippen molar-refractivity contribution in [2.45, 2.75) is 84.4 Å². The minimum Gasteiger partial charge on any atom is -0.460 e. The Morgan fingerprint density at radius 2 is 2.03 bits per heavy atom. The van der Waals surface area contributed by atoms with Gasteiger partial charge in [0.2, 0.25) is 5.91 Å². The van der Waals surface area contributed by atoms with Crippen molar-refractivity contribution in [3.63, 3.8) is 0 Å². The first kappa shape index (κ1) is 23.6. The van der Waals surface area contributed by atoms with E-state index >= 15 is 4.39 Å². The van der Waals surface area contributed by atoms with E-state index < -0.39 is 5.92 Å². The number of benzene rings is 1. The molecule has 1 saturated carbocycles. The fraction of sp³-hybridized carbons (Fsp3) is 0.467. The van der Waals surface area contributed by atoms with Crippen LogP contribution in [-0.2, 0) is 33.9 Å². The summed E-state index contributed by atoms with van der Waals surface area (Å²) in [7, 11) is 0. The van der Waals surface area contributed by atoms with Crippen molar-refractivity contribution < 1.29 is 18.7 Å². The van der Waals surface area contributed by atoms with Gasteiger partial charge in [0, 0.05) is 22.4 Å². The Morgan fingerprint density at radius 3 is 2.74 bits per heavy atom. The van der Waals surface area contributed by atoms with Crippen LogP contribution in [0.2, 0.25) is 0 Å². The SMILES string of the molecule is CCC1C(=O)OCc2c1cc1n(c2=O)Cc2c-1nc1cc(F)c(C)c3c1c2C(NC(=O)C1(C)CCC1)CC3. The lowest BCUT2D eigenvalue weighted by Crippen LogP contribution is -2.45. The van der Waals surface area contributed by atoms with Crippen LogP contribution in [0.1, 0.15) is 91.3 Å². The molecule has 1 aromatic carbocycles. The third kappa shape index (κ3) is 3.06. The van der Waals surface area contributed by atoms with E-state index in [4.69, 9.17) is 9.72 Å². The van der Waals surface area contributed by atoms with Gasteiger partial charge in [-0.3, -0.25) is 14.4 Å². The first-order chi connectivity index (χ1) is 18.2. The van der Waals surface area contributed by atoms with Gasteiger partial charge in [0.15, 0.2) is 0 Å². The van der Waals surface area contributed by atoms with E-state index in [2.05, 4.69) is 5.32 Å². The topological polar surface area (TPSA) is 90.3 Å². The number of hydrogen-bond acceptors (Lipinski definition) is 5. The Kier molecular flexibility index (Phi) is 4.95. The van der Waals surface area contributed by atoms with Crippen molar-refractivity contribution in [2.24, 2.45) is 5.41 Å². The zero-order chi connectivity index (χ0) is 26.5. The number of ether oxygens (including phenoxy) is 1. The van der Waals surface area contributed by atoms with Gasteiger partial charge in [-0.1, -0.05) is 20.3 Å². The smallest absolute Gasteiger partial charge is 0.313 e. The summed E-state index contributed by atoms with van der Waals surface area (Å²) in [6, 6.07) is 3.13. The summed E-state index contributed by atoms with van der Waals surface area (Å²) in [4.78, 5) is 44.4. The van der Waals surface area contributed by atoms with Gasteiger partial charge in [-0.2, -0.15) is 0 Å². The second kappa shape index (κ2) is 7.98. The number of hydrogen-bond donors (Lipinski definition) is 1. The number of nitrogens with zero attached hydrogens (tertiary/aromatic N) is 2. The molecule has 2 aliphatic heterocycles. The van der Waals surface area contributed by atoms with Crippen LogP contribution in [-0.4, -0.2) is 21.4 Å². The number of pyridine rings is 2. The third-order valence-corrected chi connectivity index (χ3v) is 9.51. The maximum Gasteiger partial charge on any atom is 0.313 e. The minimum absolute atomic E-state index is 0.0335. The molecule has 0 radical (unpaired) electrons. The molecule has 8 heteroatoms. The number of cyclic esters (lactones) is 1. The number of carbonyl (C=O) groups excluding carboxylic acids is 2. The number of carbonyl (C=O) groups is 2. The van der Waals surface area contributed by atoms with E-state index in [0.717, 1.165) is 41.3 Å².